The average Bonchev–Trinajstić information content (AvgIpc) is 2.16. The molecule has 0 amide bonds. The molecule has 1 saturated heterocycles. The molecule has 0 bridgehead atoms. The zero-order chi connectivity index (χ0) is 10.7. The van der Waals surface area contributed by atoms with Gasteiger partial charge in [-0.25, -0.2) is 0 Å². The van der Waals surface area contributed by atoms with Gasteiger partial charge in [-0.2, -0.15) is 0 Å². The van der Waals surface area contributed by atoms with Gasteiger partial charge in [-0.3, -0.25) is 0 Å². The van der Waals surface area contributed by atoms with Crippen LogP contribution in [0.2, 0.25) is 0 Å². The molecule has 1 fully saturated rings. The quantitative estimate of drug-likeness (QED) is 0.797. The second kappa shape index (κ2) is 5.01. The standard InChI is InChI=1S/C12H16O2S/c1-2-15-11-5-3-9(4-6-11)12(13)10-7-14-8-10/h3-6,10,12-13H,2,7-8H2,1H3. The van der Waals surface area contributed by atoms with E-state index in [4.69, 9.17) is 4.74 Å². The third kappa shape index (κ3) is 2.54. The Labute approximate surface area is 94.6 Å². The van der Waals surface area contributed by atoms with Crippen molar-refractivity contribution in [1.82, 2.24) is 0 Å². The van der Waals surface area contributed by atoms with E-state index in [1.165, 1.54) is 4.90 Å². The van der Waals surface area contributed by atoms with Crippen LogP contribution in [0.4, 0.5) is 0 Å². The summed E-state index contributed by atoms with van der Waals surface area (Å²) in [7, 11) is 0. The van der Waals surface area contributed by atoms with Crippen molar-refractivity contribution >= 4 is 11.8 Å². The normalized spacial score (nSPS) is 18.5. The van der Waals surface area contributed by atoms with Gasteiger partial charge in [0.05, 0.1) is 19.3 Å². The highest BCUT2D eigenvalue weighted by atomic mass is 32.2. The number of benzene rings is 1. The average molecular weight is 224 g/mol. The molecular formula is C12H16O2S. The summed E-state index contributed by atoms with van der Waals surface area (Å²) in [5.74, 6) is 1.37. The van der Waals surface area contributed by atoms with E-state index in [1.807, 2.05) is 23.9 Å². The highest BCUT2D eigenvalue weighted by molar-refractivity contribution is 7.99. The fourth-order valence-corrected chi connectivity index (χ4v) is 2.30. The molecule has 2 rings (SSSR count). The molecule has 15 heavy (non-hydrogen) atoms. The van der Waals surface area contributed by atoms with Crippen LogP contribution in [-0.2, 0) is 4.74 Å². The predicted octanol–water partition coefficient (Wildman–Crippen LogP) is 2.48. The number of thioether (sulfide) groups is 1. The summed E-state index contributed by atoms with van der Waals surface area (Å²) in [5.41, 5.74) is 1.00. The molecule has 1 aromatic rings. The number of hydrogen-bond acceptors (Lipinski definition) is 3. The molecule has 82 valence electrons. The second-order valence-corrected chi connectivity index (χ2v) is 5.08. The maximum Gasteiger partial charge on any atom is 0.0862 e. The highest BCUT2D eigenvalue weighted by Crippen LogP contribution is 2.29. The van der Waals surface area contributed by atoms with Crippen molar-refractivity contribution < 1.29 is 9.84 Å². The van der Waals surface area contributed by atoms with Crippen molar-refractivity contribution in [2.45, 2.75) is 17.9 Å². The predicted molar refractivity (Wildman–Crippen MR) is 62.1 cm³/mol. The lowest BCUT2D eigenvalue weighted by Gasteiger charge is -2.30. The van der Waals surface area contributed by atoms with Crippen molar-refractivity contribution in [1.29, 1.82) is 0 Å². The summed E-state index contributed by atoms with van der Waals surface area (Å²) >= 11 is 1.82. The number of aliphatic hydroxyl groups is 1. The van der Waals surface area contributed by atoms with Crippen molar-refractivity contribution in [3.05, 3.63) is 29.8 Å². The third-order valence-corrected chi connectivity index (χ3v) is 3.54. The number of aliphatic hydroxyl groups excluding tert-OH is 1. The molecule has 0 saturated carbocycles. The number of rotatable bonds is 4. The van der Waals surface area contributed by atoms with Crippen LogP contribution in [0.15, 0.2) is 29.2 Å². The maximum absolute atomic E-state index is 9.97. The second-order valence-electron chi connectivity index (χ2n) is 3.74. The summed E-state index contributed by atoms with van der Waals surface area (Å²) in [5, 5.41) is 9.97. The van der Waals surface area contributed by atoms with E-state index in [0.717, 1.165) is 11.3 Å². The van der Waals surface area contributed by atoms with Gasteiger partial charge < -0.3 is 9.84 Å². The van der Waals surface area contributed by atoms with Crippen molar-refractivity contribution in [2.75, 3.05) is 19.0 Å². The molecule has 0 radical (unpaired) electrons. The zero-order valence-electron chi connectivity index (χ0n) is 8.85. The topological polar surface area (TPSA) is 29.5 Å². The van der Waals surface area contributed by atoms with Gasteiger partial charge in [0.1, 0.15) is 0 Å². The van der Waals surface area contributed by atoms with Crippen LogP contribution in [-0.4, -0.2) is 24.1 Å². The minimum atomic E-state index is -0.362. The lowest BCUT2D eigenvalue weighted by Crippen LogP contribution is -2.33. The third-order valence-electron chi connectivity index (χ3n) is 2.64. The lowest BCUT2D eigenvalue weighted by molar-refractivity contribution is -0.0924. The smallest absolute Gasteiger partial charge is 0.0862 e. The molecular weight excluding hydrogens is 208 g/mol. The first-order valence-corrected chi connectivity index (χ1v) is 6.28. The van der Waals surface area contributed by atoms with Crippen molar-refractivity contribution in [3.8, 4) is 0 Å². The van der Waals surface area contributed by atoms with Gasteiger partial charge in [0, 0.05) is 10.8 Å². The zero-order valence-corrected chi connectivity index (χ0v) is 9.67. The van der Waals surface area contributed by atoms with E-state index in [9.17, 15) is 5.11 Å². The van der Waals surface area contributed by atoms with Gasteiger partial charge in [0.2, 0.25) is 0 Å². The van der Waals surface area contributed by atoms with E-state index in [-0.39, 0.29) is 12.0 Å². The van der Waals surface area contributed by atoms with Crippen molar-refractivity contribution in [2.24, 2.45) is 5.92 Å². The largest absolute Gasteiger partial charge is 0.388 e. The molecule has 1 aliphatic heterocycles. The van der Waals surface area contributed by atoms with Gasteiger partial charge in [0.15, 0.2) is 0 Å². The Morgan fingerprint density at radius 3 is 2.53 bits per heavy atom. The highest BCUT2D eigenvalue weighted by Gasteiger charge is 2.27. The number of hydrogen-bond donors (Lipinski definition) is 1. The summed E-state index contributed by atoms with van der Waals surface area (Å²) in [4.78, 5) is 1.26. The summed E-state index contributed by atoms with van der Waals surface area (Å²) in [6.07, 6.45) is -0.362. The summed E-state index contributed by atoms with van der Waals surface area (Å²) in [6, 6.07) is 8.18. The molecule has 1 aromatic carbocycles. The molecule has 1 atom stereocenters. The van der Waals surface area contributed by atoms with Gasteiger partial charge in [-0.15, -0.1) is 11.8 Å². The number of ether oxygens (including phenoxy) is 1. The molecule has 2 nitrogen and oxygen atoms in total. The molecule has 1 unspecified atom stereocenters. The Balaban J connectivity index is 2.02. The van der Waals surface area contributed by atoms with E-state index >= 15 is 0 Å². The maximum atomic E-state index is 9.97. The van der Waals surface area contributed by atoms with Crippen LogP contribution in [0.5, 0.6) is 0 Å². The van der Waals surface area contributed by atoms with Crippen LogP contribution in [0.1, 0.15) is 18.6 Å². The first-order valence-electron chi connectivity index (χ1n) is 5.30. The van der Waals surface area contributed by atoms with Crippen LogP contribution < -0.4 is 0 Å². The van der Waals surface area contributed by atoms with Gasteiger partial charge in [0.25, 0.3) is 0 Å². The Kier molecular flexibility index (Phi) is 3.67. The van der Waals surface area contributed by atoms with E-state index in [1.54, 1.807) is 0 Å². The van der Waals surface area contributed by atoms with Crippen molar-refractivity contribution in [3.63, 3.8) is 0 Å². The van der Waals surface area contributed by atoms with Gasteiger partial charge in [-0.05, 0) is 23.4 Å². The fourth-order valence-electron chi connectivity index (χ4n) is 1.64. The Hall–Kier alpha value is -0.510. The monoisotopic (exact) mass is 224 g/mol. The van der Waals surface area contributed by atoms with Crippen LogP contribution in [0.25, 0.3) is 0 Å². The SMILES string of the molecule is CCSc1ccc(C(O)C2COC2)cc1. The summed E-state index contributed by atoms with van der Waals surface area (Å²) < 4.78 is 5.08. The molecule has 1 aliphatic rings. The van der Waals surface area contributed by atoms with E-state index in [2.05, 4.69) is 19.1 Å². The van der Waals surface area contributed by atoms with Gasteiger partial charge >= 0.3 is 0 Å². The van der Waals surface area contributed by atoms with Crippen LogP contribution >= 0.6 is 11.8 Å². The minimum Gasteiger partial charge on any atom is -0.388 e. The van der Waals surface area contributed by atoms with E-state index in [0.29, 0.717) is 13.2 Å². The molecule has 1 N–H and O–H groups in total. The molecule has 1 heterocycles. The minimum absolute atomic E-state index is 0.287. The Morgan fingerprint density at radius 2 is 2.07 bits per heavy atom. The van der Waals surface area contributed by atoms with Crippen LogP contribution in [0.3, 0.4) is 0 Å². The molecule has 0 spiro atoms. The van der Waals surface area contributed by atoms with E-state index < -0.39 is 0 Å². The first kappa shape index (κ1) is 11.0. The molecule has 0 aromatic heterocycles. The fraction of sp³-hybridized carbons (Fsp3) is 0.500. The molecule has 0 aliphatic carbocycles. The van der Waals surface area contributed by atoms with Crippen LogP contribution in [0, 0.1) is 5.92 Å². The molecule has 3 heteroatoms. The Morgan fingerprint density at radius 1 is 1.40 bits per heavy atom. The summed E-state index contributed by atoms with van der Waals surface area (Å²) in [6.45, 7) is 3.51. The van der Waals surface area contributed by atoms with Gasteiger partial charge in [-0.1, -0.05) is 19.1 Å². The lowest BCUT2D eigenvalue weighted by atomic mass is 9.94. The first-order chi connectivity index (χ1) is 7.31. The Bertz CT molecular complexity index is 306.